The Morgan fingerprint density at radius 3 is 2.58 bits per heavy atom. The first kappa shape index (κ1) is 23.6. The largest absolute Gasteiger partial charge is 0.269 e. The van der Waals surface area contributed by atoms with Gasteiger partial charge in [0.05, 0.1) is 27.4 Å². The van der Waals surface area contributed by atoms with Gasteiger partial charge >= 0.3 is 0 Å². The summed E-state index contributed by atoms with van der Waals surface area (Å²) in [5.41, 5.74) is 2.73. The van der Waals surface area contributed by atoms with E-state index in [0.29, 0.717) is 27.5 Å². The molecule has 11 nitrogen and oxygen atoms in total. The molecule has 36 heavy (non-hydrogen) atoms. The van der Waals surface area contributed by atoms with Gasteiger partial charge in [-0.25, -0.2) is 30.5 Å². The van der Waals surface area contributed by atoms with Crippen molar-refractivity contribution in [3.63, 3.8) is 0 Å². The fourth-order valence-corrected chi connectivity index (χ4v) is 6.24. The molecule has 0 aliphatic carbocycles. The molecule has 3 aromatic heterocycles. The van der Waals surface area contributed by atoms with E-state index in [1.165, 1.54) is 36.7 Å². The van der Waals surface area contributed by atoms with Crippen molar-refractivity contribution >= 4 is 42.1 Å². The summed E-state index contributed by atoms with van der Waals surface area (Å²) in [6.45, 7) is 1.83. The van der Waals surface area contributed by atoms with Gasteiger partial charge in [0.25, 0.3) is 10.0 Å². The zero-order valence-corrected chi connectivity index (χ0v) is 20.5. The highest BCUT2D eigenvalue weighted by atomic mass is 32.2. The number of H-pyrrole nitrogens is 1. The molecule has 2 aromatic carbocycles. The second-order valence-corrected chi connectivity index (χ2v) is 11.6. The minimum Gasteiger partial charge on any atom is -0.235 e. The number of aromatic nitrogens is 5. The molecule has 0 spiro atoms. The van der Waals surface area contributed by atoms with E-state index in [-0.39, 0.29) is 28.4 Å². The fraction of sp³-hybridized carbons (Fsp3) is 0.130. The van der Waals surface area contributed by atoms with Crippen molar-refractivity contribution in [1.29, 1.82) is 5.26 Å². The first-order valence-electron chi connectivity index (χ1n) is 10.7. The van der Waals surface area contributed by atoms with Crippen molar-refractivity contribution < 1.29 is 16.8 Å². The van der Waals surface area contributed by atoms with Crippen LogP contribution >= 0.6 is 0 Å². The summed E-state index contributed by atoms with van der Waals surface area (Å²) in [5, 5.41) is 19.9. The molecular formula is C23H19N7O4S2. The van der Waals surface area contributed by atoms with E-state index in [1.54, 1.807) is 24.3 Å². The van der Waals surface area contributed by atoms with Gasteiger partial charge in [-0.15, -0.1) is 0 Å². The number of sulfonamides is 1. The van der Waals surface area contributed by atoms with Crippen LogP contribution in [0.25, 0.3) is 33.2 Å². The third-order valence-electron chi connectivity index (χ3n) is 5.63. The Balaban J connectivity index is 1.73. The Bertz CT molecular complexity index is 1870. The molecule has 0 unspecified atom stereocenters. The number of aromatic amines is 1. The molecule has 0 bridgehead atoms. The molecule has 2 N–H and O–H groups in total. The second-order valence-electron chi connectivity index (χ2n) is 8.00. The number of nitrogens with zero attached hydrogens (tertiary/aromatic N) is 5. The van der Waals surface area contributed by atoms with Crippen molar-refractivity contribution in [2.75, 3.05) is 6.54 Å². The summed E-state index contributed by atoms with van der Waals surface area (Å²) in [6.07, 6.45) is 2.86. The van der Waals surface area contributed by atoms with Gasteiger partial charge in [0, 0.05) is 24.7 Å². The highest BCUT2D eigenvalue weighted by Gasteiger charge is 2.26. The summed E-state index contributed by atoms with van der Waals surface area (Å²) >= 11 is 0. The minimum absolute atomic E-state index is 0.0269. The van der Waals surface area contributed by atoms with Gasteiger partial charge in [-0.3, -0.25) is 0 Å². The molecule has 0 saturated carbocycles. The number of pyridine rings is 1. The molecule has 0 radical (unpaired) electrons. The van der Waals surface area contributed by atoms with Crippen LogP contribution in [0, 0.1) is 18.3 Å². The van der Waals surface area contributed by atoms with Crippen molar-refractivity contribution in [2.45, 2.75) is 23.1 Å². The first-order valence-corrected chi connectivity index (χ1v) is 13.6. The molecule has 5 rings (SSSR count). The van der Waals surface area contributed by atoms with E-state index >= 15 is 0 Å². The van der Waals surface area contributed by atoms with Crippen molar-refractivity contribution in [1.82, 2.24) is 29.1 Å². The Kier molecular flexibility index (Phi) is 5.79. The number of aryl methyl sites for hydroxylation is 1. The van der Waals surface area contributed by atoms with Crippen molar-refractivity contribution in [2.24, 2.45) is 0 Å². The summed E-state index contributed by atoms with van der Waals surface area (Å²) in [6, 6.07) is 14.4. The number of nitriles is 1. The van der Waals surface area contributed by atoms with E-state index in [2.05, 4.69) is 25.1 Å². The number of hydrogen-bond donors (Lipinski definition) is 2. The van der Waals surface area contributed by atoms with Crippen molar-refractivity contribution in [3.05, 3.63) is 66.5 Å². The molecule has 0 atom stereocenters. The van der Waals surface area contributed by atoms with E-state index < -0.39 is 20.0 Å². The second kappa shape index (κ2) is 8.83. The third-order valence-corrected chi connectivity index (χ3v) is 8.75. The van der Waals surface area contributed by atoms with Gasteiger partial charge in [0.1, 0.15) is 11.0 Å². The van der Waals surface area contributed by atoms with Gasteiger partial charge in [-0.05, 0) is 36.8 Å². The topological polar surface area (TPSA) is 163 Å². The lowest BCUT2D eigenvalue weighted by atomic mass is 10.1. The van der Waals surface area contributed by atoms with Gasteiger partial charge in [0.2, 0.25) is 10.0 Å². The third kappa shape index (κ3) is 4.01. The van der Waals surface area contributed by atoms with Crippen LogP contribution in [0.3, 0.4) is 0 Å². The maximum absolute atomic E-state index is 13.6. The number of benzene rings is 2. The molecule has 182 valence electrons. The lowest BCUT2D eigenvalue weighted by Gasteiger charge is -2.07. The Labute approximate surface area is 206 Å². The maximum atomic E-state index is 13.6. The first-order chi connectivity index (χ1) is 17.2. The van der Waals surface area contributed by atoms with Crippen LogP contribution < -0.4 is 4.72 Å². The Morgan fingerprint density at radius 1 is 1.06 bits per heavy atom. The summed E-state index contributed by atoms with van der Waals surface area (Å²) < 4.78 is 56.1. The van der Waals surface area contributed by atoms with E-state index in [9.17, 15) is 16.8 Å². The monoisotopic (exact) mass is 521 g/mol. The maximum Gasteiger partial charge on any atom is 0.269 e. The minimum atomic E-state index is -4.04. The summed E-state index contributed by atoms with van der Waals surface area (Å²) in [4.78, 5) is 4.41. The predicted molar refractivity (Wildman–Crippen MR) is 132 cm³/mol. The van der Waals surface area contributed by atoms with E-state index in [1.807, 2.05) is 13.0 Å². The molecule has 0 amide bonds. The average molecular weight is 522 g/mol. The lowest BCUT2D eigenvalue weighted by Crippen LogP contribution is -2.24. The van der Waals surface area contributed by atoms with Crippen LogP contribution in [0.4, 0.5) is 0 Å². The molecule has 0 saturated heterocycles. The SMILES string of the molecule is Cc1ccc(S(=O)(=O)n2cc(-c3cccc(S(=O)(=O)NCCC#N)c3)c3c4n[nH]nc4cnc32)cc1. The number of nitrogens with one attached hydrogen (secondary N) is 2. The molecule has 0 fully saturated rings. The van der Waals surface area contributed by atoms with Gasteiger partial charge in [-0.1, -0.05) is 29.8 Å². The predicted octanol–water partition coefficient (Wildman–Crippen LogP) is 2.71. The number of hydrogen-bond acceptors (Lipinski definition) is 8. The molecule has 5 aromatic rings. The van der Waals surface area contributed by atoms with Gasteiger partial charge in [-0.2, -0.15) is 20.7 Å². The number of fused-ring (bicyclic) bond motifs is 3. The van der Waals surface area contributed by atoms with Crippen LogP contribution in [0.15, 0.2) is 70.7 Å². The van der Waals surface area contributed by atoms with Gasteiger partial charge < -0.3 is 0 Å². The van der Waals surface area contributed by atoms with Crippen LogP contribution in [0.1, 0.15) is 12.0 Å². The van der Waals surface area contributed by atoms with Crippen LogP contribution in [-0.2, 0) is 20.0 Å². The summed E-state index contributed by atoms with van der Waals surface area (Å²) in [7, 11) is -7.93. The quantitative estimate of drug-likeness (QED) is 0.309. The molecular weight excluding hydrogens is 502 g/mol. The van der Waals surface area contributed by atoms with Crippen LogP contribution in [-0.4, -0.2) is 47.7 Å². The standard InChI is InChI=1S/C23H19N7O4S2/c1-15-6-8-17(9-7-15)36(33,34)30-14-19(21-22-20(27-29-28-22)13-25-23(21)30)16-4-2-5-18(12-16)35(31,32)26-11-3-10-24/h2,4-9,12-14,26H,3,11H2,1H3,(H,27,28,29). The highest BCUT2D eigenvalue weighted by Crippen LogP contribution is 2.36. The van der Waals surface area contributed by atoms with Crippen LogP contribution in [0.2, 0.25) is 0 Å². The van der Waals surface area contributed by atoms with E-state index in [0.717, 1.165) is 9.54 Å². The zero-order valence-electron chi connectivity index (χ0n) is 18.9. The summed E-state index contributed by atoms with van der Waals surface area (Å²) in [5.74, 6) is 0. The fourth-order valence-electron chi connectivity index (χ4n) is 3.85. The Morgan fingerprint density at radius 2 is 1.83 bits per heavy atom. The van der Waals surface area contributed by atoms with E-state index in [4.69, 9.17) is 5.26 Å². The Hall–Kier alpha value is -4.12. The highest BCUT2D eigenvalue weighted by molar-refractivity contribution is 7.90. The van der Waals surface area contributed by atoms with Gasteiger partial charge in [0.15, 0.2) is 5.65 Å². The lowest BCUT2D eigenvalue weighted by molar-refractivity contribution is 0.582. The molecule has 0 aliphatic rings. The molecule has 13 heteroatoms. The zero-order chi connectivity index (χ0) is 25.5. The smallest absolute Gasteiger partial charge is 0.235 e. The average Bonchev–Trinajstić information content (AvgIpc) is 3.49. The molecule has 0 aliphatic heterocycles. The molecule has 3 heterocycles. The van der Waals surface area contributed by atoms with Crippen LogP contribution in [0.5, 0.6) is 0 Å². The number of rotatable bonds is 7. The normalized spacial score (nSPS) is 12.2. The van der Waals surface area contributed by atoms with Crippen molar-refractivity contribution in [3.8, 4) is 17.2 Å².